The lowest BCUT2D eigenvalue weighted by Gasteiger charge is -2.25. The van der Waals surface area contributed by atoms with Gasteiger partial charge >= 0.3 is 26.5 Å². The first-order valence-electron chi connectivity index (χ1n) is 21.8. The van der Waals surface area contributed by atoms with Crippen LogP contribution in [-0.2, 0) is 66.7 Å². The summed E-state index contributed by atoms with van der Waals surface area (Å²) >= 11 is 12.0. The number of hydrogen-bond donors (Lipinski definition) is 4. The molecule has 26 heteroatoms. The fourth-order valence-corrected chi connectivity index (χ4v) is 12.1. The predicted molar refractivity (Wildman–Crippen MR) is 269 cm³/mol. The molecular formula is C48H50Cl2F4N2O14P2S2. The van der Waals surface area contributed by atoms with E-state index in [1.54, 1.807) is 74.5 Å². The zero-order valence-electron chi connectivity index (χ0n) is 39.7. The first kappa shape index (κ1) is 59.8. The fourth-order valence-electron chi connectivity index (χ4n) is 7.16. The van der Waals surface area contributed by atoms with Crippen LogP contribution in [0.1, 0.15) is 47.2 Å². The normalized spacial score (nSPS) is 12.5. The van der Waals surface area contributed by atoms with E-state index < -0.39 is 67.7 Å². The van der Waals surface area contributed by atoms with E-state index in [2.05, 4.69) is 0 Å². The van der Waals surface area contributed by atoms with Crippen LogP contribution in [0.3, 0.4) is 0 Å². The molecule has 400 valence electrons. The van der Waals surface area contributed by atoms with Gasteiger partial charge in [0.15, 0.2) is 0 Å². The first-order chi connectivity index (χ1) is 34.6. The Morgan fingerprint density at radius 2 is 0.811 bits per heavy atom. The average molecular weight is 1150 g/mol. The highest BCUT2D eigenvalue weighted by Gasteiger charge is 2.52. The molecule has 6 aromatic carbocycles. The molecular weight excluding hydrogens is 1100 g/mol. The summed E-state index contributed by atoms with van der Waals surface area (Å²) in [6.07, 6.45) is 0. The topological polar surface area (TPSA) is 227 Å². The van der Waals surface area contributed by atoms with E-state index in [9.17, 15) is 43.5 Å². The van der Waals surface area contributed by atoms with Gasteiger partial charge in [-0.3, -0.25) is 9.13 Å². The second-order valence-corrected chi connectivity index (χ2v) is 23.7. The molecule has 0 spiro atoms. The molecule has 6 aromatic rings. The Kier molecular flexibility index (Phi) is 20.0. The number of hydrogen-bond acceptors (Lipinski definition) is 10. The molecule has 0 saturated carbocycles. The lowest BCUT2D eigenvalue weighted by atomic mass is 10.1. The maximum Gasteiger partial charge on any atom is 0.399 e. The van der Waals surface area contributed by atoms with Gasteiger partial charge < -0.3 is 38.5 Å². The lowest BCUT2D eigenvalue weighted by molar-refractivity contribution is 0.0565. The third-order valence-corrected chi connectivity index (χ3v) is 17.0. The molecule has 4 N–H and O–H groups in total. The summed E-state index contributed by atoms with van der Waals surface area (Å²) in [5.74, 6) is 1.17. The van der Waals surface area contributed by atoms with Crippen molar-refractivity contribution in [2.24, 2.45) is 0 Å². The number of benzene rings is 6. The Labute approximate surface area is 435 Å². The minimum atomic E-state index is -5.85. The first-order valence-corrected chi connectivity index (χ1v) is 28.6. The lowest BCUT2D eigenvalue weighted by Crippen LogP contribution is -2.31. The van der Waals surface area contributed by atoms with Crippen LogP contribution in [-0.4, -0.2) is 72.5 Å². The van der Waals surface area contributed by atoms with E-state index in [1.807, 2.05) is 0 Å². The summed E-state index contributed by atoms with van der Waals surface area (Å²) in [5.41, 5.74) is -9.62. The number of nitrogens with zero attached hydrogens (tertiary/aromatic N) is 2. The zero-order chi connectivity index (χ0) is 54.9. The van der Waals surface area contributed by atoms with Crippen LogP contribution in [0.4, 0.5) is 17.6 Å². The van der Waals surface area contributed by atoms with Gasteiger partial charge in [0.05, 0.1) is 48.6 Å². The molecule has 0 aliphatic heterocycles. The van der Waals surface area contributed by atoms with Crippen LogP contribution in [0.15, 0.2) is 143 Å². The summed E-state index contributed by atoms with van der Waals surface area (Å²) in [7, 11) is -17.4. The number of halogens is 6. The maximum atomic E-state index is 14.2. The van der Waals surface area contributed by atoms with Crippen molar-refractivity contribution >= 4 is 58.4 Å². The fraction of sp³-hybridized carbons (Fsp3) is 0.250. The van der Waals surface area contributed by atoms with Gasteiger partial charge in [0.2, 0.25) is 20.0 Å². The summed E-state index contributed by atoms with van der Waals surface area (Å²) in [5, 5.41) is -1.23. The van der Waals surface area contributed by atoms with Crippen LogP contribution in [0.2, 0.25) is 10.0 Å². The molecule has 74 heavy (non-hydrogen) atoms. The summed E-state index contributed by atoms with van der Waals surface area (Å²) in [6, 6.07) is 31.7. The maximum absolute atomic E-state index is 14.2. The highest BCUT2D eigenvalue weighted by molar-refractivity contribution is 7.89. The second kappa shape index (κ2) is 24.7. The number of alkyl halides is 4. The summed E-state index contributed by atoms with van der Waals surface area (Å²) in [4.78, 5) is 36.0. The molecule has 0 heterocycles. The zero-order valence-corrected chi connectivity index (χ0v) is 44.6. The Hall–Kier alpha value is -5.06. The van der Waals surface area contributed by atoms with E-state index in [-0.39, 0.29) is 58.6 Å². The SMILES string of the molecule is CCOc1ccccc1CN(Cc1ccc(C(F)(F)P(=O)(O)O)c(Cl)c1)S(=O)(=O)c1ccccc1OC.CCOc1ccccc1CN(Cc1ccc(C(F)(F)P(=O)(O)O)c(Cl)c1)S(=O)(=O)c1ccccc1OC. The van der Waals surface area contributed by atoms with Crippen molar-refractivity contribution in [3.63, 3.8) is 0 Å². The van der Waals surface area contributed by atoms with Crippen molar-refractivity contribution < 1.29 is 82.0 Å². The Morgan fingerprint density at radius 3 is 1.11 bits per heavy atom. The third-order valence-electron chi connectivity index (χ3n) is 10.8. The van der Waals surface area contributed by atoms with E-state index in [1.165, 1.54) is 50.6 Å². The van der Waals surface area contributed by atoms with Crippen LogP contribution >= 0.6 is 38.4 Å². The number of sulfonamides is 2. The molecule has 0 aromatic heterocycles. The summed E-state index contributed by atoms with van der Waals surface area (Å²) in [6.45, 7) is 3.38. The smallest absolute Gasteiger partial charge is 0.399 e. The van der Waals surface area contributed by atoms with Crippen LogP contribution < -0.4 is 18.9 Å². The number of rotatable bonds is 22. The van der Waals surface area contributed by atoms with Gasteiger partial charge in [-0.15, -0.1) is 0 Å². The molecule has 0 unspecified atom stereocenters. The predicted octanol–water partition coefficient (Wildman–Crippen LogP) is 10.7. The van der Waals surface area contributed by atoms with Gasteiger partial charge in [0.1, 0.15) is 32.8 Å². The quantitative estimate of drug-likeness (QED) is 0.0366. The van der Waals surface area contributed by atoms with Crippen LogP contribution in [0.25, 0.3) is 0 Å². The van der Waals surface area contributed by atoms with Crippen molar-refractivity contribution in [3.8, 4) is 23.0 Å². The Balaban J connectivity index is 0.000000274. The summed E-state index contributed by atoms with van der Waals surface area (Å²) < 4.78 is 159. The van der Waals surface area contributed by atoms with Crippen molar-refractivity contribution in [1.82, 2.24) is 8.61 Å². The minimum Gasteiger partial charge on any atom is -0.495 e. The highest BCUT2D eigenvalue weighted by Crippen LogP contribution is 2.61. The van der Waals surface area contributed by atoms with Crippen molar-refractivity contribution in [3.05, 3.63) is 177 Å². The number of methoxy groups -OCH3 is 2. The molecule has 0 fully saturated rings. The Morgan fingerprint density at radius 1 is 0.500 bits per heavy atom. The van der Waals surface area contributed by atoms with E-state index in [0.29, 0.717) is 35.8 Å². The molecule has 0 saturated heterocycles. The monoisotopic (exact) mass is 1150 g/mol. The average Bonchev–Trinajstić information content (AvgIpc) is 3.34. The molecule has 0 aliphatic carbocycles. The number of para-hydroxylation sites is 4. The van der Waals surface area contributed by atoms with E-state index >= 15 is 0 Å². The molecule has 16 nitrogen and oxygen atoms in total. The molecule has 0 radical (unpaired) electrons. The molecule has 0 bridgehead atoms. The van der Waals surface area contributed by atoms with Gasteiger partial charge in [-0.05, 0) is 73.5 Å². The van der Waals surface area contributed by atoms with Gasteiger partial charge in [-0.1, -0.05) is 108 Å². The molecule has 0 atom stereocenters. The molecule has 6 rings (SSSR count). The van der Waals surface area contributed by atoms with Crippen molar-refractivity contribution in [1.29, 1.82) is 0 Å². The second-order valence-electron chi connectivity index (χ2n) is 15.7. The van der Waals surface area contributed by atoms with Crippen molar-refractivity contribution in [2.45, 2.75) is 61.1 Å². The third kappa shape index (κ3) is 13.9. The van der Waals surface area contributed by atoms with Gasteiger partial charge in [-0.25, -0.2) is 16.8 Å². The van der Waals surface area contributed by atoms with E-state index in [0.717, 1.165) is 45.0 Å². The van der Waals surface area contributed by atoms with Gasteiger partial charge in [0.25, 0.3) is 0 Å². The largest absolute Gasteiger partial charge is 0.495 e. The Bertz CT molecular complexity index is 3050. The van der Waals surface area contributed by atoms with Crippen molar-refractivity contribution in [2.75, 3.05) is 27.4 Å². The molecule has 0 aliphatic rings. The van der Waals surface area contributed by atoms with Crippen LogP contribution in [0, 0.1) is 0 Å². The van der Waals surface area contributed by atoms with Crippen LogP contribution in [0.5, 0.6) is 23.0 Å². The molecule has 0 amide bonds. The highest BCUT2D eigenvalue weighted by atomic mass is 35.5. The van der Waals surface area contributed by atoms with Gasteiger partial charge in [0, 0.05) is 37.3 Å². The standard InChI is InChI=1S/2C24H25ClF2NO7PS/c2*1-3-35-21-9-5-4-8-18(21)16-28(37(32,33)23-11-7-6-10-22(23)34-2)15-17-12-13-19(20(25)14-17)24(26,27)36(29,30)31/h2*4-14H,3,15-16H2,1-2H3,(H2,29,30,31). The van der Waals surface area contributed by atoms with Gasteiger partial charge in [-0.2, -0.15) is 26.2 Å². The van der Waals surface area contributed by atoms with E-state index in [4.69, 9.17) is 61.7 Å². The number of ether oxygens (including phenoxy) is 4. The minimum absolute atomic E-state index is 0.109.